The monoisotopic (exact) mass is 441 g/mol. The minimum Gasteiger partial charge on any atom is -0.354 e. The van der Waals surface area contributed by atoms with Crippen LogP contribution in [0.2, 0.25) is 0 Å². The van der Waals surface area contributed by atoms with Gasteiger partial charge < -0.3 is 9.42 Å². The zero-order valence-electron chi connectivity index (χ0n) is 18.9. The summed E-state index contributed by atoms with van der Waals surface area (Å²) in [4.78, 5) is 28.7. The minimum atomic E-state index is -0.715. The summed E-state index contributed by atoms with van der Waals surface area (Å²) >= 11 is 0. The quantitative estimate of drug-likeness (QED) is 0.437. The van der Waals surface area contributed by atoms with Gasteiger partial charge >= 0.3 is 0 Å². The van der Waals surface area contributed by atoms with Crippen LogP contribution in [-0.4, -0.2) is 44.0 Å². The molecule has 1 aliphatic heterocycles. The maximum atomic E-state index is 12.9. The van der Waals surface area contributed by atoms with Crippen LogP contribution in [0.25, 0.3) is 34.0 Å². The lowest BCUT2D eigenvalue weighted by Gasteiger charge is -2.37. The van der Waals surface area contributed by atoms with Crippen LogP contribution in [0.4, 0.5) is 0 Å². The fourth-order valence-corrected chi connectivity index (χ4v) is 3.91. The van der Waals surface area contributed by atoms with E-state index in [-0.39, 0.29) is 7.33 Å². The number of benzene rings is 1. The molecule has 0 bridgehead atoms. The van der Waals surface area contributed by atoms with Crippen LogP contribution in [0.1, 0.15) is 33.1 Å². The molecule has 33 heavy (non-hydrogen) atoms. The minimum absolute atomic E-state index is 0. The molecule has 5 rings (SSSR count). The highest BCUT2D eigenvalue weighted by molar-refractivity contribution is 5.87. The van der Waals surface area contributed by atoms with Crippen LogP contribution < -0.4 is 0 Å². The largest absolute Gasteiger partial charge is 0.354 e. The third-order valence-electron chi connectivity index (χ3n) is 6.14. The van der Waals surface area contributed by atoms with Gasteiger partial charge in [-0.05, 0) is 39.3 Å². The number of amides is 1. The van der Waals surface area contributed by atoms with Crippen molar-refractivity contribution in [2.45, 2.75) is 32.6 Å². The molecular formula is C26H27N5O2. The standard InChI is InChI=1S/C26H25N5O2.H2/c1-17-24(22-15-20(30-33-22)18-8-5-4-6-9-18)29-21(16-28-17)19-10-11-27-23(14-19)26(2,3)25(32)31-12-7-13-31;/h4-6,8-11,14-16H,7,12-13H2,1-3H3;1H. The maximum absolute atomic E-state index is 12.9. The number of aromatic nitrogens is 4. The number of pyridine rings is 1. The lowest BCUT2D eigenvalue weighted by atomic mass is 9.85. The summed E-state index contributed by atoms with van der Waals surface area (Å²) in [5, 5.41) is 4.21. The summed E-state index contributed by atoms with van der Waals surface area (Å²) in [5.41, 5.74) is 4.63. The van der Waals surface area contributed by atoms with Gasteiger partial charge in [0.2, 0.25) is 5.91 Å². The van der Waals surface area contributed by atoms with Crippen molar-refractivity contribution < 1.29 is 10.7 Å². The predicted molar refractivity (Wildman–Crippen MR) is 127 cm³/mol. The molecule has 1 fully saturated rings. The summed E-state index contributed by atoms with van der Waals surface area (Å²) in [5.74, 6) is 0.660. The van der Waals surface area contributed by atoms with Crippen molar-refractivity contribution in [1.82, 2.24) is 25.0 Å². The number of carbonyl (C=O) groups is 1. The number of hydrogen-bond donors (Lipinski definition) is 0. The first-order chi connectivity index (χ1) is 15.9. The highest BCUT2D eigenvalue weighted by Gasteiger charge is 2.37. The molecule has 0 aliphatic carbocycles. The number of aryl methyl sites for hydroxylation is 1. The van der Waals surface area contributed by atoms with Crippen molar-refractivity contribution in [3.05, 3.63) is 72.3 Å². The fourth-order valence-electron chi connectivity index (χ4n) is 3.91. The van der Waals surface area contributed by atoms with Gasteiger partial charge in [0, 0.05) is 37.9 Å². The molecule has 0 unspecified atom stereocenters. The van der Waals surface area contributed by atoms with Gasteiger partial charge in [-0.1, -0.05) is 35.5 Å². The number of nitrogens with zero attached hydrogens (tertiary/aromatic N) is 5. The first kappa shape index (κ1) is 21.0. The highest BCUT2D eigenvalue weighted by Crippen LogP contribution is 2.31. The number of carbonyl (C=O) groups excluding carboxylic acids is 1. The molecule has 0 N–H and O–H groups in total. The molecule has 0 spiro atoms. The summed E-state index contributed by atoms with van der Waals surface area (Å²) in [6.07, 6.45) is 4.51. The van der Waals surface area contributed by atoms with Crippen molar-refractivity contribution in [2.75, 3.05) is 13.1 Å². The average molecular weight is 442 g/mol. The summed E-state index contributed by atoms with van der Waals surface area (Å²) in [6.45, 7) is 7.37. The van der Waals surface area contributed by atoms with E-state index in [9.17, 15) is 4.79 Å². The van der Waals surface area contributed by atoms with Crippen molar-refractivity contribution >= 4 is 5.91 Å². The van der Waals surface area contributed by atoms with E-state index in [0.29, 0.717) is 22.8 Å². The van der Waals surface area contributed by atoms with Gasteiger partial charge in [0.1, 0.15) is 11.4 Å². The zero-order valence-corrected chi connectivity index (χ0v) is 18.9. The molecular weight excluding hydrogens is 414 g/mol. The molecule has 4 aromatic rings. The van der Waals surface area contributed by atoms with E-state index in [4.69, 9.17) is 9.51 Å². The molecule has 7 heteroatoms. The van der Waals surface area contributed by atoms with Crippen molar-refractivity contribution in [3.8, 4) is 34.0 Å². The molecule has 1 aromatic carbocycles. The molecule has 7 nitrogen and oxygen atoms in total. The smallest absolute Gasteiger partial charge is 0.234 e. The Bertz CT molecular complexity index is 1320. The predicted octanol–water partition coefficient (Wildman–Crippen LogP) is 4.92. The van der Waals surface area contributed by atoms with E-state index in [0.717, 1.165) is 42.0 Å². The highest BCUT2D eigenvalue weighted by atomic mass is 16.5. The first-order valence-electron chi connectivity index (χ1n) is 11.1. The van der Waals surface area contributed by atoms with E-state index in [1.165, 1.54) is 0 Å². The van der Waals surface area contributed by atoms with Crippen LogP contribution in [0.15, 0.2) is 65.4 Å². The van der Waals surface area contributed by atoms with E-state index < -0.39 is 5.41 Å². The first-order valence-corrected chi connectivity index (χ1v) is 11.1. The van der Waals surface area contributed by atoms with E-state index in [1.54, 1.807) is 12.4 Å². The van der Waals surface area contributed by atoms with Crippen LogP contribution >= 0.6 is 0 Å². The Morgan fingerprint density at radius 2 is 1.82 bits per heavy atom. The Morgan fingerprint density at radius 1 is 1.03 bits per heavy atom. The van der Waals surface area contributed by atoms with E-state index in [1.807, 2.05) is 74.2 Å². The topological polar surface area (TPSA) is 85.0 Å². The Balaban J connectivity index is 0.00000274. The SMILES string of the molecule is Cc1ncc(-c2ccnc(C(C)(C)C(=O)N3CCC3)c2)nc1-c1cc(-c2ccccc2)no1.[HH]. The summed E-state index contributed by atoms with van der Waals surface area (Å²) in [7, 11) is 0. The van der Waals surface area contributed by atoms with Gasteiger partial charge in [-0.15, -0.1) is 0 Å². The van der Waals surface area contributed by atoms with Gasteiger partial charge in [-0.25, -0.2) is 4.98 Å². The second-order valence-corrected chi connectivity index (χ2v) is 8.83. The van der Waals surface area contributed by atoms with Gasteiger partial charge in [-0.3, -0.25) is 14.8 Å². The third kappa shape index (κ3) is 3.91. The molecule has 0 atom stereocenters. The Labute approximate surface area is 194 Å². The van der Waals surface area contributed by atoms with Crippen molar-refractivity contribution in [2.24, 2.45) is 0 Å². The second kappa shape index (κ2) is 8.24. The zero-order chi connectivity index (χ0) is 23.0. The molecule has 1 aliphatic rings. The van der Waals surface area contributed by atoms with Gasteiger partial charge in [0.25, 0.3) is 0 Å². The van der Waals surface area contributed by atoms with Crippen molar-refractivity contribution in [1.29, 1.82) is 0 Å². The van der Waals surface area contributed by atoms with Gasteiger partial charge in [0.05, 0.1) is 28.7 Å². The summed E-state index contributed by atoms with van der Waals surface area (Å²) in [6, 6.07) is 15.5. The molecule has 3 aromatic heterocycles. The normalized spacial score (nSPS) is 13.6. The molecule has 1 saturated heterocycles. The Hall–Kier alpha value is -3.87. The van der Waals surface area contributed by atoms with Gasteiger partial charge in [-0.2, -0.15) is 0 Å². The van der Waals surface area contributed by atoms with Crippen LogP contribution in [-0.2, 0) is 10.2 Å². The fraction of sp³-hybridized carbons (Fsp3) is 0.269. The number of likely N-dealkylation sites (tertiary alicyclic amines) is 1. The Morgan fingerprint density at radius 3 is 2.55 bits per heavy atom. The molecule has 1 amide bonds. The number of rotatable bonds is 5. The molecule has 0 saturated carbocycles. The third-order valence-corrected chi connectivity index (χ3v) is 6.14. The molecule has 4 heterocycles. The van der Waals surface area contributed by atoms with E-state index in [2.05, 4.69) is 15.1 Å². The maximum Gasteiger partial charge on any atom is 0.234 e. The number of hydrogen-bond acceptors (Lipinski definition) is 6. The van der Waals surface area contributed by atoms with Gasteiger partial charge in [0.15, 0.2) is 5.76 Å². The van der Waals surface area contributed by atoms with Crippen LogP contribution in [0.5, 0.6) is 0 Å². The lowest BCUT2D eigenvalue weighted by Crippen LogP contribution is -2.50. The molecule has 0 radical (unpaired) electrons. The second-order valence-electron chi connectivity index (χ2n) is 8.83. The van der Waals surface area contributed by atoms with E-state index >= 15 is 0 Å². The molecule has 168 valence electrons. The van der Waals surface area contributed by atoms with Crippen LogP contribution in [0, 0.1) is 6.92 Å². The van der Waals surface area contributed by atoms with Crippen LogP contribution in [0.3, 0.4) is 0 Å². The summed E-state index contributed by atoms with van der Waals surface area (Å²) < 4.78 is 5.62. The van der Waals surface area contributed by atoms with Crippen molar-refractivity contribution in [3.63, 3.8) is 0 Å². The Kier molecular flexibility index (Phi) is 5.24. The lowest BCUT2D eigenvalue weighted by molar-refractivity contribution is -0.139. The average Bonchev–Trinajstić information content (AvgIpc) is 3.29.